The molecule has 2 aromatic rings. The second kappa shape index (κ2) is 7.75. The zero-order valence-electron chi connectivity index (χ0n) is 14.1. The van der Waals surface area contributed by atoms with Crippen molar-refractivity contribution < 1.29 is 9.59 Å². The number of nitrogens with one attached hydrogen (secondary N) is 1. The number of nitrogens with zero attached hydrogens (tertiary/aromatic N) is 2. The number of hydrogen-bond donors (Lipinski definition) is 1. The molecule has 0 aliphatic rings. The van der Waals surface area contributed by atoms with Crippen LogP contribution in [0.5, 0.6) is 0 Å². The normalized spacial score (nSPS) is 9.83. The van der Waals surface area contributed by atoms with Crippen molar-refractivity contribution >= 4 is 23.2 Å². The number of carbonyl (C=O) groups excluding carboxylic acids is 2. The van der Waals surface area contributed by atoms with Crippen molar-refractivity contribution in [1.82, 2.24) is 15.2 Å². The summed E-state index contributed by atoms with van der Waals surface area (Å²) in [6.07, 6.45) is 0. The Morgan fingerprint density at radius 3 is 2.42 bits per heavy atom. The summed E-state index contributed by atoms with van der Waals surface area (Å²) < 4.78 is 0. The first kappa shape index (κ1) is 17.7. The Hall–Kier alpha value is -2.65. The van der Waals surface area contributed by atoms with E-state index in [0.29, 0.717) is 10.4 Å². The summed E-state index contributed by atoms with van der Waals surface area (Å²) in [6.45, 7) is 3.95. The van der Waals surface area contributed by atoms with Gasteiger partial charge in [0.15, 0.2) is 0 Å². The zero-order valence-corrected chi connectivity index (χ0v) is 15.0. The smallest absolute Gasteiger partial charge is 0.264 e. The van der Waals surface area contributed by atoms with E-state index in [-0.39, 0.29) is 18.4 Å². The Bertz CT molecular complexity index is 811. The van der Waals surface area contributed by atoms with E-state index in [2.05, 4.69) is 22.1 Å². The molecule has 1 aromatic carbocycles. The number of aryl methyl sites for hydroxylation is 2. The highest BCUT2D eigenvalue weighted by atomic mass is 32.1. The molecule has 2 amide bonds. The Labute approximate surface area is 145 Å². The molecule has 5 nitrogen and oxygen atoms in total. The highest BCUT2D eigenvalue weighted by Crippen LogP contribution is 2.16. The Kier molecular flexibility index (Phi) is 5.72. The Morgan fingerprint density at radius 1 is 1.21 bits per heavy atom. The summed E-state index contributed by atoms with van der Waals surface area (Å²) in [5, 5.41) is 3.64. The lowest BCUT2D eigenvalue weighted by molar-refractivity contribution is 0.0827. The molecular formula is C18H19N3O2S. The van der Waals surface area contributed by atoms with Crippen molar-refractivity contribution in [3.8, 4) is 11.8 Å². The van der Waals surface area contributed by atoms with Crippen LogP contribution >= 0.6 is 11.3 Å². The second-order valence-corrected chi connectivity index (χ2v) is 6.61. The van der Waals surface area contributed by atoms with Crippen LogP contribution < -0.4 is 5.32 Å². The highest BCUT2D eigenvalue weighted by molar-refractivity contribution is 7.13. The molecule has 1 heterocycles. The minimum atomic E-state index is -0.153. The summed E-state index contributed by atoms with van der Waals surface area (Å²) in [6, 6.07) is 7.08. The van der Waals surface area contributed by atoms with Crippen LogP contribution in [0.4, 0.5) is 0 Å². The molecule has 0 saturated heterocycles. The number of thiazole rings is 1. The standard InChI is InChI=1S/C18H19N3O2S/c1-12-16(24-13(2)20-12)17(22)19-11-5-6-14-7-9-15(10-8-14)18(23)21(3)4/h7-10H,11H2,1-4H3,(H,19,22). The van der Waals surface area contributed by atoms with Crippen molar-refractivity contribution in [1.29, 1.82) is 0 Å². The molecule has 0 atom stereocenters. The van der Waals surface area contributed by atoms with E-state index in [1.165, 1.54) is 16.2 Å². The maximum atomic E-state index is 12.0. The van der Waals surface area contributed by atoms with E-state index in [1.54, 1.807) is 38.4 Å². The predicted octanol–water partition coefficient (Wildman–Crippen LogP) is 2.24. The van der Waals surface area contributed by atoms with Crippen LogP contribution in [0.3, 0.4) is 0 Å². The first-order valence-corrected chi connectivity index (χ1v) is 8.23. The van der Waals surface area contributed by atoms with Gasteiger partial charge in [0.25, 0.3) is 11.8 Å². The van der Waals surface area contributed by atoms with Crippen LogP contribution in [0.25, 0.3) is 0 Å². The van der Waals surface area contributed by atoms with Crippen LogP contribution in [-0.2, 0) is 0 Å². The summed E-state index contributed by atoms with van der Waals surface area (Å²) in [5.74, 6) is 5.67. The van der Waals surface area contributed by atoms with Gasteiger partial charge in [0.05, 0.1) is 17.2 Å². The summed E-state index contributed by atoms with van der Waals surface area (Å²) >= 11 is 1.38. The Balaban J connectivity index is 1.93. The lowest BCUT2D eigenvalue weighted by atomic mass is 10.1. The molecule has 1 aromatic heterocycles. The van der Waals surface area contributed by atoms with E-state index in [0.717, 1.165) is 16.3 Å². The van der Waals surface area contributed by atoms with Gasteiger partial charge in [-0.15, -0.1) is 11.3 Å². The number of carbonyl (C=O) groups is 2. The fraction of sp³-hybridized carbons (Fsp3) is 0.278. The maximum Gasteiger partial charge on any atom is 0.264 e. The molecule has 0 saturated carbocycles. The number of benzene rings is 1. The quantitative estimate of drug-likeness (QED) is 0.871. The molecule has 0 aliphatic carbocycles. The third-order valence-corrected chi connectivity index (χ3v) is 4.29. The van der Waals surface area contributed by atoms with E-state index in [1.807, 2.05) is 13.8 Å². The van der Waals surface area contributed by atoms with E-state index >= 15 is 0 Å². The average Bonchev–Trinajstić information content (AvgIpc) is 2.89. The highest BCUT2D eigenvalue weighted by Gasteiger charge is 2.12. The molecule has 0 spiro atoms. The number of amides is 2. The summed E-state index contributed by atoms with van der Waals surface area (Å²) in [5.41, 5.74) is 2.16. The van der Waals surface area contributed by atoms with Crippen LogP contribution in [-0.4, -0.2) is 42.3 Å². The molecule has 0 aliphatic heterocycles. The molecule has 24 heavy (non-hydrogen) atoms. The van der Waals surface area contributed by atoms with Gasteiger partial charge in [-0.1, -0.05) is 11.8 Å². The second-order valence-electron chi connectivity index (χ2n) is 5.41. The van der Waals surface area contributed by atoms with Gasteiger partial charge in [-0.3, -0.25) is 9.59 Å². The fourth-order valence-corrected chi connectivity index (χ4v) is 2.88. The molecule has 0 unspecified atom stereocenters. The van der Waals surface area contributed by atoms with Crippen LogP contribution in [0.15, 0.2) is 24.3 Å². The average molecular weight is 341 g/mol. The lowest BCUT2D eigenvalue weighted by Crippen LogP contribution is -2.23. The molecular weight excluding hydrogens is 322 g/mol. The monoisotopic (exact) mass is 341 g/mol. The lowest BCUT2D eigenvalue weighted by Gasteiger charge is -2.09. The molecule has 0 bridgehead atoms. The largest absolute Gasteiger partial charge is 0.345 e. The van der Waals surface area contributed by atoms with Crippen LogP contribution in [0.1, 0.15) is 36.3 Å². The van der Waals surface area contributed by atoms with Gasteiger partial charge in [0.1, 0.15) is 4.88 Å². The fourth-order valence-electron chi connectivity index (χ4n) is 2.05. The van der Waals surface area contributed by atoms with Gasteiger partial charge in [0, 0.05) is 25.2 Å². The summed E-state index contributed by atoms with van der Waals surface area (Å²) in [7, 11) is 3.43. The van der Waals surface area contributed by atoms with E-state index < -0.39 is 0 Å². The molecule has 124 valence electrons. The van der Waals surface area contributed by atoms with Gasteiger partial charge in [0.2, 0.25) is 0 Å². The van der Waals surface area contributed by atoms with E-state index in [4.69, 9.17) is 0 Å². The molecule has 2 rings (SSSR count). The maximum absolute atomic E-state index is 12.0. The van der Waals surface area contributed by atoms with Gasteiger partial charge in [-0.2, -0.15) is 0 Å². The minimum Gasteiger partial charge on any atom is -0.345 e. The van der Waals surface area contributed by atoms with Crippen LogP contribution in [0, 0.1) is 25.7 Å². The van der Waals surface area contributed by atoms with Crippen molar-refractivity contribution in [3.63, 3.8) is 0 Å². The van der Waals surface area contributed by atoms with Crippen molar-refractivity contribution in [2.24, 2.45) is 0 Å². The zero-order chi connectivity index (χ0) is 17.7. The Morgan fingerprint density at radius 2 is 1.88 bits per heavy atom. The van der Waals surface area contributed by atoms with Gasteiger partial charge in [-0.25, -0.2) is 4.98 Å². The molecule has 0 radical (unpaired) electrons. The van der Waals surface area contributed by atoms with E-state index in [9.17, 15) is 9.59 Å². The third-order valence-electron chi connectivity index (χ3n) is 3.22. The molecule has 0 fully saturated rings. The number of hydrogen-bond acceptors (Lipinski definition) is 4. The van der Waals surface area contributed by atoms with Crippen molar-refractivity contribution in [2.45, 2.75) is 13.8 Å². The predicted molar refractivity (Wildman–Crippen MR) is 95.3 cm³/mol. The SMILES string of the molecule is Cc1nc(C)c(C(=O)NCC#Cc2ccc(C(=O)N(C)C)cc2)s1. The third kappa shape index (κ3) is 4.43. The summed E-state index contributed by atoms with van der Waals surface area (Å²) in [4.78, 5) is 30.2. The molecule has 6 heteroatoms. The van der Waals surface area contributed by atoms with Crippen molar-refractivity contribution in [3.05, 3.63) is 51.0 Å². The topological polar surface area (TPSA) is 62.3 Å². The first-order valence-electron chi connectivity index (χ1n) is 7.41. The van der Waals surface area contributed by atoms with Gasteiger partial charge in [-0.05, 0) is 38.1 Å². The molecule has 1 N–H and O–H groups in total. The number of rotatable bonds is 3. The van der Waals surface area contributed by atoms with Crippen LogP contribution in [0.2, 0.25) is 0 Å². The van der Waals surface area contributed by atoms with Crippen molar-refractivity contribution in [2.75, 3.05) is 20.6 Å². The number of aromatic nitrogens is 1. The van der Waals surface area contributed by atoms with Gasteiger partial charge >= 0.3 is 0 Å². The van der Waals surface area contributed by atoms with Gasteiger partial charge < -0.3 is 10.2 Å². The first-order chi connectivity index (χ1) is 11.4. The minimum absolute atomic E-state index is 0.0445.